The number of thioether (sulfide) groups is 1. The van der Waals surface area contributed by atoms with Gasteiger partial charge in [-0.2, -0.15) is 0 Å². The van der Waals surface area contributed by atoms with Crippen LogP contribution in [0.5, 0.6) is 5.75 Å². The van der Waals surface area contributed by atoms with Crippen molar-refractivity contribution in [1.29, 1.82) is 0 Å². The van der Waals surface area contributed by atoms with E-state index < -0.39 is 5.60 Å². The highest BCUT2D eigenvalue weighted by Crippen LogP contribution is 2.39. The molecular formula is C28H37NO5S. The molecule has 6 nitrogen and oxygen atoms in total. The maximum absolute atomic E-state index is 12.4. The number of ether oxygens (including phenoxy) is 3. The summed E-state index contributed by atoms with van der Waals surface area (Å²) in [5.74, 6) is 0.730. The molecule has 1 aliphatic heterocycles. The van der Waals surface area contributed by atoms with Crippen LogP contribution in [0.15, 0.2) is 41.3 Å². The molecule has 0 saturated carbocycles. The number of methoxy groups -OCH3 is 1. The second-order valence-electron chi connectivity index (χ2n) is 9.61. The summed E-state index contributed by atoms with van der Waals surface area (Å²) < 4.78 is 16.4. The molecule has 1 amide bonds. The van der Waals surface area contributed by atoms with E-state index >= 15 is 0 Å². The van der Waals surface area contributed by atoms with Gasteiger partial charge in [0, 0.05) is 23.9 Å². The molecule has 0 N–H and O–H groups in total. The third-order valence-electron chi connectivity index (χ3n) is 6.57. The Morgan fingerprint density at radius 1 is 1.09 bits per heavy atom. The van der Waals surface area contributed by atoms with Gasteiger partial charge in [-0.1, -0.05) is 24.3 Å². The van der Waals surface area contributed by atoms with Gasteiger partial charge in [0.1, 0.15) is 5.75 Å². The van der Waals surface area contributed by atoms with Crippen molar-refractivity contribution in [2.24, 2.45) is 5.92 Å². The van der Waals surface area contributed by atoms with Crippen molar-refractivity contribution in [3.63, 3.8) is 0 Å². The van der Waals surface area contributed by atoms with Gasteiger partial charge in [-0.25, -0.2) is 9.59 Å². The van der Waals surface area contributed by atoms with Crippen molar-refractivity contribution >= 4 is 23.8 Å². The van der Waals surface area contributed by atoms with Gasteiger partial charge in [-0.05, 0) is 87.6 Å². The zero-order chi connectivity index (χ0) is 25.8. The fraction of sp³-hybridized carbons (Fsp3) is 0.500. The largest absolute Gasteiger partial charge is 0.476 e. The third kappa shape index (κ3) is 6.31. The molecule has 7 heteroatoms. The highest BCUT2D eigenvalue weighted by Gasteiger charge is 2.38. The Hall–Kier alpha value is -2.67. The van der Waals surface area contributed by atoms with E-state index in [1.54, 1.807) is 37.4 Å². The zero-order valence-electron chi connectivity index (χ0n) is 21.8. The minimum absolute atomic E-state index is 0.166. The lowest BCUT2D eigenvalue weighted by Crippen LogP contribution is -2.40. The minimum atomic E-state index is -1.09. The fourth-order valence-corrected chi connectivity index (χ4v) is 5.17. The van der Waals surface area contributed by atoms with Crippen LogP contribution in [0, 0.1) is 19.8 Å². The molecule has 0 bridgehead atoms. The number of hydrogen-bond acceptors (Lipinski definition) is 6. The van der Waals surface area contributed by atoms with Gasteiger partial charge >= 0.3 is 12.1 Å². The topological polar surface area (TPSA) is 65.1 Å². The molecule has 2 aromatic carbocycles. The summed E-state index contributed by atoms with van der Waals surface area (Å²) in [5, 5.41) is 0. The summed E-state index contributed by atoms with van der Waals surface area (Å²) in [5.41, 5.74) is 3.24. The summed E-state index contributed by atoms with van der Waals surface area (Å²) in [6, 6.07) is 12.9. The molecule has 2 atom stereocenters. The maximum Gasteiger partial charge on any atom is 0.409 e. The standard InChI is InChI=1S/C28H37NO5S/c1-8-33-26(30)28(4,5)34-25-18(2)13-21(14-19(25)3)24-17-29(27(31)32-6)16-22(24)15-20-9-11-23(35-7)12-10-20/h9-14,22,24H,8,15-17H2,1-7H3. The van der Waals surface area contributed by atoms with Crippen molar-refractivity contribution in [3.05, 3.63) is 58.7 Å². The molecule has 0 spiro atoms. The van der Waals surface area contributed by atoms with Gasteiger partial charge in [0.25, 0.3) is 0 Å². The van der Waals surface area contributed by atoms with Crippen molar-refractivity contribution < 1.29 is 23.8 Å². The predicted molar refractivity (Wildman–Crippen MR) is 139 cm³/mol. The van der Waals surface area contributed by atoms with E-state index in [9.17, 15) is 9.59 Å². The van der Waals surface area contributed by atoms with Crippen LogP contribution < -0.4 is 4.74 Å². The molecule has 0 aliphatic carbocycles. The summed E-state index contributed by atoms with van der Waals surface area (Å²) >= 11 is 1.73. The molecule has 1 saturated heterocycles. The SMILES string of the molecule is CCOC(=O)C(C)(C)Oc1c(C)cc(C2CN(C(=O)OC)CC2Cc2ccc(SC)cc2)cc1C. The summed E-state index contributed by atoms with van der Waals surface area (Å²) in [6.07, 6.45) is 2.65. The van der Waals surface area contributed by atoms with Crippen LogP contribution in [0.4, 0.5) is 4.79 Å². The van der Waals surface area contributed by atoms with E-state index in [4.69, 9.17) is 14.2 Å². The van der Waals surface area contributed by atoms with Crippen molar-refractivity contribution in [2.75, 3.05) is 33.1 Å². The molecule has 1 aliphatic rings. The van der Waals surface area contributed by atoms with E-state index in [2.05, 4.69) is 42.7 Å². The summed E-state index contributed by atoms with van der Waals surface area (Å²) in [7, 11) is 1.43. The average Bonchev–Trinajstić information content (AvgIpc) is 3.25. The number of amides is 1. The van der Waals surface area contributed by atoms with E-state index in [1.165, 1.54) is 23.1 Å². The smallest absolute Gasteiger partial charge is 0.409 e. The van der Waals surface area contributed by atoms with Crippen molar-refractivity contribution in [3.8, 4) is 5.75 Å². The van der Waals surface area contributed by atoms with Gasteiger partial charge in [0.05, 0.1) is 13.7 Å². The van der Waals surface area contributed by atoms with E-state index in [1.807, 2.05) is 13.8 Å². The highest BCUT2D eigenvalue weighted by molar-refractivity contribution is 7.98. The lowest BCUT2D eigenvalue weighted by molar-refractivity contribution is -0.158. The minimum Gasteiger partial charge on any atom is -0.476 e. The number of aryl methyl sites for hydroxylation is 2. The summed E-state index contributed by atoms with van der Waals surface area (Å²) in [6.45, 7) is 10.8. The van der Waals surface area contributed by atoms with Crippen LogP contribution >= 0.6 is 11.8 Å². The molecule has 2 unspecified atom stereocenters. The Morgan fingerprint density at radius 2 is 1.71 bits per heavy atom. The van der Waals surface area contributed by atoms with E-state index in [0.29, 0.717) is 25.4 Å². The molecular weight excluding hydrogens is 462 g/mol. The van der Waals surface area contributed by atoms with Gasteiger partial charge in [0.2, 0.25) is 0 Å². The number of carbonyl (C=O) groups excluding carboxylic acids is 2. The number of nitrogens with zero attached hydrogens (tertiary/aromatic N) is 1. The second kappa shape index (κ2) is 11.4. The molecule has 2 aromatic rings. The van der Waals surface area contributed by atoms with Crippen molar-refractivity contribution in [2.45, 2.75) is 57.5 Å². The fourth-order valence-electron chi connectivity index (χ4n) is 4.76. The normalized spacial score (nSPS) is 17.9. The Bertz CT molecular complexity index is 1030. The lowest BCUT2D eigenvalue weighted by Gasteiger charge is -2.27. The van der Waals surface area contributed by atoms with Crippen LogP contribution in [-0.2, 0) is 20.7 Å². The van der Waals surface area contributed by atoms with Gasteiger partial charge in [-0.3, -0.25) is 0 Å². The highest BCUT2D eigenvalue weighted by atomic mass is 32.2. The quantitative estimate of drug-likeness (QED) is 0.339. The number of benzene rings is 2. The first-order chi connectivity index (χ1) is 16.6. The molecule has 3 rings (SSSR count). The summed E-state index contributed by atoms with van der Waals surface area (Å²) in [4.78, 5) is 27.8. The maximum atomic E-state index is 12.4. The second-order valence-corrected chi connectivity index (χ2v) is 10.5. The van der Waals surface area contributed by atoms with Crippen LogP contribution in [-0.4, -0.2) is 55.6 Å². The van der Waals surface area contributed by atoms with Gasteiger partial charge < -0.3 is 19.1 Å². The van der Waals surface area contributed by atoms with Crippen LogP contribution in [0.1, 0.15) is 48.9 Å². The van der Waals surface area contributed by atoms with Gasteiger partial charge in [0.15, 0.2) is 5.60 Å². The van der Waals surface area contributed by atoms with Crippen LogP contribution in [0.3, 0.4) is 0 Å². The molecule has 0 aromatic heterocycles. The molecule has 35 heavy (non-hydrogen) atoms. The zero-order valence-corrected chi connectivity index (χ0v) is 22.7. The first kappa shape index (κ1) is 26.9. The predicted octanol–water partition coefficient (Wildman–Crippen LogP) is 5.77. The molecule has 0 radical (unpaired) electrons. The van der Waals surface area contributed by atoms with Gasteiger partial charge in [-0.15, -0.1) is 11.8 Å². The third-order valence-corrected chi connectivity index (χ3v) is 7.31. The first-order valence-electron chi connectivity index (χ1n) is 12.0. The number of hydrogen-bond donors (Lipinski definition) is 0. The van der Waals surface area contributed by atoms with E-state index in [0.717, 1.165) is 17.5 Å². The molecule has 1 heterocycles. The number of esters is 1. The Balaban J connectivity index is 1.88. The number of carbonyl (C=O) groups is 2. The monoisotopic (exact) mass is 499 g/mol. The molecule has 190 valence electrons. The number of likely N-dealkylation sites (tertiary alicyclic amines) is 1. The Labute approximate surface area is 213 Å². The van der Waals surface area contributed by atoms with Crippen LogP contribution in [0.2, 0.25) is 0 Å². The Morgan fingerprint density at radius 3 is 2.26 bits per heavy atom. The Kier molecular flexibility index (Phi) is 8.75. The first-order valence-corrected chi connectivity index (χ1v) is 13.2. The van der Waals surface area contributed by atoms with Crippen molar-refractivity contribution in [1.82, 2.24) is 4.90 Å². The number of rotatable bonds is 8. The lowest BCUT2D eigenvalue weighted by atomic mass is 9.83. The molecule has 1 fully saturated rings. The average molecular weight is 500 g/mol. The van der Waals surface area contributed by atoms with E-state index in [-0.39, 0.29) is 23.9 Å². The van der Waals surface area contributed by atoms with Crippen LogP contribution in [0.25, 0.3) is 0 Å².